The molecule has 3 rings (SSSR count). The van der Waals surface area contributed by atoms with Crippen LogP contribution in [0, 0.1) is 10.8 Å². The minimum atomic E-state index is -0.277. The minimum Gasteiger partial charge on any atom is -0.389 e. The summed E-state index contributed by atoms with van der Waals surface area (Å²) >= 11 is 0. The Bertz CT molecular complexity index is 388. The van der Waals surface area contributed by atoms with E-state index in [1.54, 1.807) is 0 Å². The van der Waals surface area contributed by atoms with Gasteiger partial charge in [-0.05, 0) is 19.3 Å². The van der Waals surface area contributed by atoms with Crippen molar-refractivity contribution in [1.29, 1.82) is 0 Å². The summed E-state index contributed by atoms with van der Waals surface area (Å²) in [5.41, 5.74) is 0.264. The highest BCUT2D eigenvalue weighted by atomic mass is 16.3. The standard InChI is InChI=1S/C14H16O/c15-12-5-10-13-6-1-3-8-14(13,11-12)9-4-2-7-13/h1-6,8,10,12,15H,7,9,11H2/t12-,13-,14-/m1/s1. The Kier molecular flexibility index (Phi) is 1.81. The van der Waals surface area contributed by atoms with Gasteiger partial charge in [0.15, 0.2) is 0 Å². The van der Waals surface area contributed by atoms with Gasteiger partial charge >= 0.3 is 0 Å². The quantitative estimate of drug-likeness (QED) is 0.596. The van der Waals surface area contributed by atoms with Gasteiger partial charge < -0.3 is 5.11 Å². The molecule has 0 spiro atoms. The first kappa shape index (κ1) is 9.17. The highest BCUT2D eigenvalue weighted by Gasteiger charge is 2.49. The van der Waals surface area contributed by atoms with E-state index < -0.39 is 0 Å². The molecule has 1 N–H and O–H groups in total. The first-order chi connectivity index (χ1) is 7.27. The summed E-state index contributed by atoms with van der Waals surface area (Å²) in [5, 5.41) is 9.81. The van der Waals surface area contributed by atoms with Gasteiger partial charge in [0.25, 0.3) is 0 Å². The number of hydrogen-bond acceptors (Lipinski definition) is 1. The second kappa shape index (κ2) is 2.96. The van der Waals surface area contributed by atoms with Gasteiger partial charge in [0, 0.05) is 10.8 Å². The fraction of sp³-hybridized carbons (Fsp3) is 0.429. The Hall–Kier alpha value is -1.08. The zero-order valence-electron chi connectivity index (χ0n) is 8.76. The Labute approximate surface area is 90.5 Å². The zero-order valence-corrected chi connectivity index (χ0v) is 8.76. The molecule has 0 aliphatic heterocycles. The first-order valence-electron chi connectivity index (χ1n) is 5.66. The van der Waals surface area contributed by atoms with Crippen molar-refractivity contribution < 1.29 is 5.11 Å². The van der Waals surface area contributed by atoms with Crippen LogP contribution in [0.5, 0.6) is 0 Å². The average molecular weight is 200 g/mol. The highest BCUT2D eigenvalue weighted by Crippen LogP contribution is 2.57. The van der Waals surface area contributed by atoms with Crippen LogP contribution >= 0.6 is 0 Å². The molecule has 3 atom stereocenters. The number of aliphatic hydroxyl groups is 1. The smallest absolute Gasteiger partial charge is 0.0730 e. The van der Waals surface area contributed by atoms with E-state index >= 15 is 0 Å². The van der Waals surface area contributed by atoms with E-state index in [0.29, 0.717) is 0 Å². The normalized spacial score (nSPS) is 46.3. The molecule has 0 bridgehead atoms. The van der Waals surface area contributed by atoms with Crippen LogP contribution in [0.25, 0.3) is 0 Å². The molecule has 1 nitrogen and oxygen atoms in total. The molecule has 0 saturated heterocycles. The molecule has 0 amide bonds. The lowest BCUT2D eigenvalue weighted by molar-refractivity contribution is 0.0774. The topological polar surface area (TPSA) is 20.2 Å². The van der Waals surface area contributed by atoms with Crippen molar-refractivity contribution in [2.75, 3.05) is 0 Å². The van der Waals surface area contributed by atoms with Crippen LogP contribution in [-0.2, 0) is 0 Å². The molecule has 0 aromatic rings. The third kappa shape index (κ3) is 1.13. The fourth-order valence-electron chi connectivity index (χ4n) is 3.24. The summed E-state index contributed by atoms with van der Waals surface area (Å²) in [5.74, 6) is 0. The molecule has 3 aliphatic carbocycles. The molecule has 0 aromatic carbocycles. The molecule has 0 fully saturated rings. The first-order valence-corrected chi connectivity index (χ1v) is 5.66. The monoisotopic (exact) mass is 200 g/mol. The molecule has 15 heavy (non-hydrogen) atoms. The molecule has 1 heteroatoms. The summed E-state index contributed by atoms with van der Waals surface area (Å²) in [6.07, 6.45) is 20.3. The van der Waals surface area contributed by atoms with Gasteiger partial charge in [-0.3, -0.25) is 0 Å². The van der Waals surface area contributed by atoms with Crippen LogP contribution in [0.15, 0.2) is 48.6 Å². The van der Waals surface area contributed by atoms with Crippen molar-refractivity contribution in [3.05, 3.63) is 48.6 Å². The van der Waals surface area contributed by atoms with E-state index in [1.807, 2.05) is 6.08 Å². The van der Waals surface area contributed by atoms with Gasteiger partial charge in [-0.25, -0.2) is 0 Å². The van der Waals surface area contributed by atoms with E-state index in [9.17, 15) is 5.11 Å². The van der Waals surface area contributed by atoms with E-state index in [-0.39, 0.29) is 16.9 Å². The van der Waals surface area contributed by atoms with Crippen molar-refractivity contribution in [2.24, 2.45) is 10.8 Å². The van der Waals surface area contributed by atoms with Crippen molar-refractivity contribution >= 4 is 0 Å². The molecule has 0 aromatic heterocycles. The maximum atomic E-state index is 9.81. The lowest BCUT2D eigenvalue weighted by Crippen LogP contribution is -2.45. The Balaban J connectivity index is 2.15. The van der Waals surface area contributed by atoms with Crippen molar-refractivity contribution in [3.8, 4) is 0 Å². The van der Waals surface area contributed by atoms with Gasteiger partial charge in [0.05, 0.1) is 6.10 Å². The third-order valence-electron chi connectivity index (χ3n) is 4.14. The number of allylic oxidation sites excluding steroid dienone is 7. The third-order valence-corrected chi connectivity index (χ3v) is 4.14. The van der Waals surface area contributed by atoms with Crippen LogP contribution in [0.2, 0.25) is 0 Å². The lowest BCUT2D eigenvalue weighted by Gasteiger charge is -2.52. The summed E-state index contributed by atoms with van der Waals surface area (Å²) in [6, 6.07) is 0. The Morgan fingerprint density at radius 1 is 1.00 bits per heavy atom. The second-order valence-corrected chi connectivity index (χ2v) is 4.92. The molecule has 0 unspecified atom stereocenters. The van der Waals surface area contributed by atoms with Crippen LogP contribution in [0.4, 0.5) is 0 Å². The van der Waals surface area contributed by atoms with Crippen LogP contribution in [0.1, 0.15) is 19.3 Å². The van der Waals surface area contributed by atoms with E-state index in [0.717, 1.165) is 19.3 Å². The maximum absolute atomic E-state index is 9.81. The zero-order chi connectivity index (χ0) is 10.4. The van der Waals surface area contributed by atoms with Crippen LogP contribution < -0.4 is 0 Å². The second-order valence-electron chi connectivity index (χ2n) is 4.92. The summed E-state index contributed by atoms with van der Waals surface area (Å²) in [4.78, 5) is 0. The van der Waals surface area contributed by atoms with E-state index in [1.165, 1.54) is 0 Å². The SMILES string of the molecule is O[C@@H]1C=C[C@]23C=CC=C[C@@]2(CC=CC3)C1. The summed E-state index contributed by atoms with van der Waals surface area (Å²) in [6.45, 7) is 0. The number of aliphatic hydroxyl groups excluding tert-OH is 1. The van der Waals surface area contributed by atoms with Crippen molar-refractivity contribution in [3.63, 3.8) is 0 Å². The lowest BCUT2D eigenvalue weighted by atomic mass is 9.52. The Morgan fingerprint density at radius 3 is 2.73 bits per heavy atom. The predicted octanol–water partition coefficient (Wildman–Crippen LogP) is 2.76. The minimum absolute atomic E-state index is 0.130. The van der Waals surface area contributed by atoms with Gasteiger partial charge in [0.2, 0.25) is 0 Å². The molecule has 0 heterocycles. The predicted molar refractivity (Wildman–Crippen MR) is 61.3 cm³/mol. The number of hydrogen-bond donors (Lipinski definition) is 1. The van der Waals surface area contributed by atoms with Crippen LogP contribution in [0.3, 0.4) is 0 Å². The van der Waals surface area contributed by atoms with Gasteiger partial charge in [0.1, 0.15) is 0 Å². The molecular weight excluding hydrogens is 184 g/mol. The van der Waals surface area contributed by atoms with E-state index in [2.05, 4.69) is 42.5 Å². The van der Waals surface area contributed by atoms with Gasteiger partial charge in [-0.15, -0.1) is 0 Å². The largest absolute Gasteiger partial charge is 0.389 e. The Morgan fingerprint density at radius 2 is 1.80 bits per heavy atom. The van der Waals surface area contributed by atoms with E-state index in [4.69, 9.17) is 0 Å². The summed E-state index contributed by atoms with van der Waals surface area (Å²) in [7, 11) is 0. The van der Waals surface area contributed by atoms with Crippen molar-refractivity contribution in [1.82, 2.24) is 0 Å². The fourth-order valence-corrected chi connectivity index (χ4v) is 3.24. The van der Waals surface area contributed by atoms with Crippen molar-refractivity contribution in [2.45, 2.75) is 25.4 Å². The summed E-state index contributed by atoms with van der Waals surface area (Å²) < 4.78 is 0. The molecule has 3 aliphatic rings. The molecule has 0 saturated carbocycles. The molecule has 0 radical (unpaired) electrons. The number of rotatable bonds is 0. The molecular formula is C14H16O. The molecule has 78 valence electrons. The van der Waals surface area contributed by atoms with Gasteiger partial charge in [-0.2, -0.15) is 0 Å². The maximum Gasteiger partial charge on any atom is 0.0730 e. The van der Waals surface area contributed by atoms with Gasteiger partial charge in [-0.1, -0.05) is 48.6 Å². The average Bonchev–Trinajstić information content (AvgIpc) is 2.27. The highest BCUT2D eigenvalue weighted by molar-refractivity contribution is 5.37. The van der Waals surface area contributed by atoms with Crippen LogP contribution in [-0.4, -0.2) is 11.2 Å².